The van der Waals surface area contributed by atoms with Crippen molar-refractivity contribution in [2.45, 2.75) is 37.6 Å². The SMILES string of the molecule is O=C(c1cccc(Cl)c1)N1CCC(n2cc(-c3nc(C4CC4)no3)nn2)CC1. The Hall–Kier alpha value is -2.74. The number of rotatable bonds is 4. The van der Waals surface area contributed by atoms with Crippen LogP contribution in [0.25, 0.3) is 11.6 Å². The molecule has 9 heteroatoms. The highest BCUT2D eigenvalue weighted by molar-refractivity contribution is 6.30. The Labute approximate surface area is 166 Å². The Morgan fingerprint density at radius 3 is 2.75 bits per heavy atom. The summed E-state index contributed by atoms with van der Waals surface area (Å²) in [6.45, 7) is 1.33. The second-order valence-corrected chi connectivity index (χ2v) is 7.79. The summed E-state index contributed by atoms with van der Waals surface area (Å²) in [6, 6.07) is 7.26. The lowest BCUT2D eigenvalue weighted by Gasteiger charge is -2.31. The minimum atomic E-state index is 0.0127. The number of hydrogen-bond donors (Lipinski definition) is 0. The van der Waals surface area contributed by atoms with E-state index >= 15 is 0 Å². The topological polar surface area (TPSA) is 89.9 Å². The molecule has 8 nitrogen and oxygen atoms in total. The molecular weight excluding hydrogens is 380 g/mol. The normalized spacial score (nSPS) is 17.8. The van der Waals surface area contributed by atoms with E-state index in [1.807, 2.05) is 15.8 Å². The molecule has 1 aliphatic carbocycles. The fraction of sp³-hybridized carbons (Fsp3) is 0.421. The highest BCUT2D eigenvalue weighted by Crippen LogP contribution is 2.38. The minimum absolute atomic E-state index is 0.0127. The summed E-state index contributed by atoms with van der Waals surface area (Å²) in [5.74, 6) is 1.63. The Bertz CT molecular complexity index is 1000. The van der Waals surface area contributed by atoms with Gasteiger partial charge in [0.25, 0.3) is 11.8 Å². The van der Waals surface area contributed by atoms with Gasteiger partial charge in [0.2, 0.25) is 0 Å². The minimum Gasteiger partial charge on any atom is -0.338 e. The van der Waals surface area contributed by atoms with Crippen LogP contribution in [0.15, 0.2) is 35.0 Å². The summed E-state index contributed by atoms with van der Waals surface area (Å²) in [4.78, 5) is 18.9. The molecule has 1 aliphatic heterocycles. The lowest BCUT2D eigenvalue weighted by Crippen LogP contribution is -2.39. The van der Waals surface area contributed by atoms with Crippen LogP contribution in [0.2, 0.25) is 5.02 Å². The van der Waals surface area contributed by atoms with Crippen LogP contribution in [0.1, 0.15) is 53.8 Å². The van der Waals surface area contributed by atoms with E-state index in [4.69, 9.17) is 16.1 Å². The average molecular weight is 399 g/mol. The zero-order valence-corrected chi connectivity index (χ0v) is 15.9. The molecule has 1 saturated carbocycles. The average Bonchev–Trinajstić information content (AvgIpc) is 3.25. The molecule has 3 heterocycles. The van der Waals surface area contributed by atoms with Gasteiger partial charge in [-0.25, -0.2) is 4.68 Å². The fourth-order valence-electron chi connectivity index (χ4n) is 3.54. The quantitative estimate of drug-likeness (QED) is 0.669. The summed E-state index contributed by atoms with van der Waals surface area (Å²) in [7, 11) is 0. The molecular formula is C19H19ClN6O2. The first-order valence-electron chi connectivity index (χ1n) is 9.48. The highest BCUT2D eigenvalue weighted by Gasteiger charge is 2.30. The maximum absolute atomic E-state index is 12.7. The van der Waals surface area contributed by atoms with Gasteiger partial charge in [0.1, 0.15) is 0 Å². The Balaban J connectivity index is 1.23. The molecule has 1 saturated heterocycles. The van der Waals surface area contributed by atoms with E-state index in [-0.39, 0.29) is 11.9 Å². The zero-order valence-electron chi connectivity index (χ0n) is 15.2. The summed E-state index contributed by atoms with van der Waals surface area (Å²) in [5.41, 5.74) is 1.22. The molecule has 2 aromatic heterocycles. The van der Waals surface area contributed by atoms with Gasteiger partial charge in [-0.05, 0) is 43.9 Å². The van der Waals surface area contributed by atoms with Crippen molar-refractivity contribution >= 4 is 17.5 Å². The van der Waals surface area contributed by atoms with Gasteiger partial charge in [-0.1, -0.05) is 28.0 Å². The molecule has 28 heavy (non-hydrogen) atoms. The monoisotopic (exact) mass is 398 g/mol. The maximum Gasteiger partial charge on any atom is 0.280 e. The third-order valence-corrected chi connectivity index (χ3v) is 5.55. The van der Waals surface area contributed by atoms with Crippen LogP contribution in [-0.4, -0.2) is 49.0 Å². The van der Waals surface area contributed by atoms with Crippen molar-refractivity contribution < 1.29 is 9.32 Å². The maximum atomic E-state index is 12.7. The van der Waals surface area contributed by atoms with Crippen LogP contribution in [0, 0.1) is 0 Å². The first kappa shape index (κ1) is 17.4. The summed E-state index contributed by atoms with van der Waals surface area (Å²) < 4.78 is 7.16. The van der Waals surface area contributed by atoms with Gasteiger partial charge in [0.15, 0.2) is 11.5 Å². The third kappa shape index (κ3) is 3.40. The summed E-state index contributed by atoms with van der Waals surface area (Å²) in [5, 5.41) is 13.0. The van der Waals surface area contributed by atoms with Crippen molar-refractivity contribution in [3.05, 3.63) is 46.9 Å². The van der Waals surface area contributed by atoms with Gasteiger partial charge in [-0.3, -0.25) is 4.79 Å². The van der Waals surface area contributed by atoms with E-state index in [0.29, 0.717) is 41.2 Å². The molecule has 0 N–H and O–H groups in total. The van der Waals surface area contributed by atoms with Crippen molar-refractivity contribution in [1.29, 1.82) is 0 Å². The lowest BCUT2D eigenvalue weighted by molar-refractivity contribution is 0.0689. The van der Waals surface area contributed by atoms with Crippen LogP contribution in [0.4, 0.5) is 0 Å². The largest absolute Gasteiger partial charge is 0.338 e. The number of halogens is 1. The predicted molar refractivity (Wildman–Crippen MR) is 101 cm³/mol. The molecule has 144 valence electrons. The van der Waals surface area contributed by atoms with Crippen molar-refractivity contribution in [2.75, 3.05) is 13.1 Å². The molecule has 2 fully saturated rings. The van der Waals surface area contributed by atoms with Crippen molar-refractivity contribution in [1.82, 2.24) is 30.0 Å². The number of carbonyl (C=O) groups is 1. The fourth-order valence-corrected chi connectivity index (χ4v) is 3.73. The van der Waals surface area contributed by atoms with Crippen LogP contribution >= 0.6 is 11.6 Å². The highest BCUT2D eigenvalue weighted by atomic mass is 35.5. The van der Waals surface area contributed by atoms with Gasteiger partial charge >= 0.3 is 0 Å². The van der Waals surface area contributed by atoms with Gasteiger partial charge in [-0.2, -0.15) is 4.98 Å². The number of benzene rings is 1. The lowest BCUT2D eigenvalue weighted by atomic mass is 10.0. The molecule has 3 aromatic rings. The number of aromatic nitrogens is 5. The molecule has 1 amide bonds. The molecule has 0 bridgehead atoms. The smallest absolute Gasteiger partial charge is 0.280 e. The molecule has 0 unspecified atom stereocenters. The Kier molecular flexibility index (Phi) is 4.35. The molecule has 2 aliphatic rings. The number of nitrogens with zero attached hydrogens (tertiary/aromatic N) is 6. The van der Waals surface area contributed by atoms with Crippen LogP contribution in [0.3, 0.4) is 0 Å². The van der Waals surface area contributed by atoms with E-state index in [9.17, 15) is 4.79 Å². The van der Waals surface area contributed by atoms with Crippen LogP contribution < -0.4 is 0 Å². The number of amides is 1. The summed E-state index contributed by atoms with van der Waals surface area (Å²) >= 11 is 6.00. The van der Waals surface area contributed by atoms with E-state index < -0.39 is 0 Å². The predicted octanol–water partition coefficient (Wildman–Crippen LogP) is 3.34. The van der Waals surface area contributed by atoms with Crippen molar-refractivity contribution in [3.63, 3.8) is 0 Å². The molecule has 0 spiro atoms. The van der Waals surface area contributed by atoms with Crippen molar-refractivity contribution in [3.8, 4) is 11.6 Å². The molecule has 0 radical (unpaired) electrons. The standard InChI is InChI=1S/C19H19ClN6O2/c20-14-3-1-2-13(10-14)19(27)25-8-6-15(7-9-25)26-11-16(22-24-26)18-21-17(23-28-18)12-4-5-12/h1-3,10-12,15H,4-9H2. The Morgan fingerprint density at radius 1 is 1.18 bits per heavy atom. The third-order valence-electron chi connectivity index (χ3n) is 5.31. The second kappa shape index (κ2) is 7.01. The first-order chi connectivity index (χ1) is 13.7. The van der Waals surface area contributed by atoms with E-state index in [1.54, 1.807) is 24.3 Å². The van der Waals surface area contributed by atoms with E-state index in [2.05, 4.69) is 20.5 Å². The van der Waals surface area contributed by atoms with E-state index in [0.717, 1.165) is 31.5 Å². The summed E-state index contributed by atoms with van der Waals surface area (Å²) in [6.07, 6.45) is 5.72. The zero-order chi connectivity index (χ0) is 19.1. The van der Waals surface area contributed by atoms with Crippen LogP contribution in [0.5, 0.6) is 0 Å². The van der Waals surface area contributed by atoms with Gasteiger partial charge in [0.05, 0.1) is 12.2 Å². The molecule has 5 rings (SSSR count). The molecule has 1 aromatic carbocycles. The van der Waals surface area contributed by atoms with E-state index in [1.165, 1.54) is 0 Å². The Morgan fingerprint density at radius 2 is 2.00 bits per heavy atom. The van der Waals surface area contributed by atoms with Crippen molar-refractivity contribution in [2.24, 2.45) is 0 Å². The number of piperidine rings is 1. The first-order valence-corrected chi connectivity index (χ1v) is 9.86. The number of likely N-dealkylation sites (tertiary alicyclic amines) is 1. The van der Waals surface area contributed by atoms with Gasteiger partial charge in [0, 0.05) is 29.6 Å². The molecule has 0 atom stereocenters. The van der Waals surface area contributed by atoms with Gasteiger partial charge < -0.3 is 9.42 Å². The van der Waals surface area contributed by atoms with Gasteiger partial charge in [-0.15, -0.1) is 5.10 Å². The van der Waals surface area contributed by atoms with Crippen LogP contribution in [-0.2, 0) is 0 Å². The number of hydrogen-bond acceptors (Lipinski definition) is 6. The number of carbonyl (C=O) groups excluding carboxylic acids is 1. The second-order valence-electron chi connectivity index (χ2n) is 7.35.